The third-order valence-corrected chi connectivity index (χ3v) is 10.1. The van der Waals surface area contributed by atoms with Gasteiger partial charge in [0.2, 0.25) is 0 Å². The Morgan fingerprint density at radius 1 is 1.10 bits per heavy atom. The summed E-state index contributed by atoms with van der Waals surface area (Å²) in [4.78, 5) is 0. The van der Waals surface area contributed by atoms with Gasteiger partial charge in [-0.2, -0.15) is 0 Å². The molecular weight excluding hydrogens is 264 g/mol. The monoisotopic (exact) mass is 300 g/mol. The summed E-state index contributed by atoms with van der Waals surface area (Å²) in [5.41, 5.74) is 0. The molecule has 2 nitrogen and oxygen atoms in total. The van der Waals surface area contributed by atoms with E-state index in [4.69, 9.17) is 4.43 Å². The standard InChI is InChI=1S/C17H36O2Si/c1-13-8-14(2)10-15(9-13)16(11-18)12-19-20(6,7)17(3,4)5/h13-16,18H,8-12H2,1-7H3. The van der Waals surface area contributed by atoms with E-state index in [2.05, 4.69) is 47.7 Å². The normalized spacial score (nSPS) is 30.3. The molecule has 1 aliphatic carbocycles. The molecule has 20 heavy (non-hydrogen) atoms. The quantitative estimate of drug-likeness (QED) is 0.746. The number of hydrogen-bond donors (Lipinski definition) is 1. The Morgan fingerprint density at radius 3 is 2.00 bits per heavy atom. The van der Waals surface area contributed by atoms with Crippen LogP contribution in [0.3, 0.4) is 0 Å². The van der Waals surface area contributed by atoms with E-state index >= 15 is 0 Å². The van der Waals surface area contributed by atoms with Crippen molar-refractivity contribution in [1.29, 1.82) is 0 Å². The Hall–Kier alpha value is 0.137. The Morgan fingerprint density at radius 2 is 1.60 bits per heavy atom. The maximum Gasteiger partial charge on any atom is 0.191 e. The first kappa shape index (κ1) is 18.2. The first-order valence-corrected chi connectivity index (χ1v) is 11.2. The lowest BCUT2D eigenvalue weighted by atomic mass is 9.72. The van der Waals surface area contributed by atoms with Gasteiger partial charge in [0.15, 0.2) is 8.32 Å². The highest BCUT2D eigenvalue weighted by Crippen LogP contribution is 2.40. The topological polar surface area (TPSA) is 29.5 Å². The van der Waals surface area contributed by atoms with Crippen LogP contribution >= 0.6 is 0 Å². The van der Waals surface area contributed by atoms with Crippen molar-refractivity contribution in [2.45, 2.75) is 72.0 Å². The van der Waals surface area contributed by atoms with Crippen molar-refractivity contribution in [3.05, 3.63) is 0 Å². The lowest BCUT2D eigenvalue weighted by molar-refractivity contribution is 0.0675. The van der Waals surface area contributed by atoms with Crippen LogP contribution in [0.15, 0.2) is 0 Å². The Balaban J connectivity index is 2.59. The molecule has 0 bridgehead atoms. The Bertz CT molecular complexity index is 286. The van der Waals surface area contributed by atoms with E-state index in [1.54, 1.807) is 0 Å². The molecule has 0 saturated heterocycles. The van der Waals surface area contributed by atoms with E-state index in [0.717, 1.165) is 18.4 Å². The second-order valence-corrected chi connectivity index (χ2v) is 13.5. The molecule has 0 aliphatic heterocycles. The van der Waals surface area contributed by atoms with Crippen LogP contribution in [0.25, 0.3) is 0 Å². The van der Waals surface area contributed by atoms with Gasteiger partial charge in [0.1, 0.15) is 0 Å². The minimum atomic E-state index is -1.69. The zero-order chi connectivity index (χ0) is 15.6. The molecule has 3 unspecified atom stereocenters. The van der Waals surface area contributed by atoms with Crippen LogP contribution in [-0.2, 0) is 4.43 Å². The molecule has 0 spiro atoms. The summed E-state index contributed by atoms with van der Waals surface area (Å²) in [7, 11) is -1.69. The van der Waals surface area contributed by atoms with Gasteiger partial charge in [-0.3, -0.25) is 0 Å². The largest absolute Gasteiger partial charge is 0.416 e. The average Bonchev–Trinajstić information content (AvgIpc) is 2.26. The summed E-state index contributed by atoms with van der Waals surface area (Å²) in [6.45, 7) is 17.2. The van der Waals surface area contributed by atoms with Crippen LogP contribution in [-0.4, -0.2) is 26.6 Å². The van der Waals surface area contributed by atoms with Crippen molar-refractivity contribution in [2.75, 3.05) is 13.2 Å². The van der Waals surface area contributed by atoms with E-state index < -0.39 is 8.32 Å². The fourth-order valence-electron chi connectivity index (χ4n) is 3.26. The van der Waals surface area contributed by atoms with Gasteiger partial charge in [0.05, 0.1) is 0 Å². The predicted octanol–water partition coefficient (Wildman–Crippen LogP) is 4.69. The second kappa shape index (κ2) is 6.93. The third-order valence-electron chi connectivity index (χ3n) is 5.58. The first-order valence-electron chi connectivity index (χ1n) is 8.31. The average molecular weight is 301 g/mol. The van der Waals surface area contributed by atoms with Crippen molar-refractivity contribution < 1.29 is 9.53 Å². The van der Waals surface area contributed by atoms with Crippen molar-refractivity contribution >= 4 is 8.32 Å². The van der Waals surface area contributed by atoms with Gasteiger partial charge in [-0.05, 0) is 55.1 Å². The van der Waals surface area contributed by atoms with Crippen molar-refractivity contribution in [1.82, 2.24) is 0 Å². The van der Waals surface area contributed by atoms with Gasteiger partial charge < -0.3 is 9.53 Å². The lowest BCUT2D eigenvalue weighted by Gasteiger charge is -2.40. The number of aliphatic hydroxyl groups is 1. The van der Waals surface area contributed by atoms with Crippen LogP contribution in [0.2, 0.25) is 18.1 Å². The van der Waals surface area contributed by atoms with Crippen LogP contribution in [0.1, 0.15) is 53.9 Å². The molecule has 1 aliphatic rings. The summed E-state index contributed by atoms with van der Waals surface area (Å²) in [6.07, 6.45) is 3.87. The van der Waals surface area contributed by atoms with Crippen molar-refractivity contribution in [2.24, 2.45) is 23.7 Å². The van der Waals surface area contributed by atoms with Gasteiger partial charge in [0.25, 0.3) is 0 Å². The van der Waals surface area contributed by atoms with Crippen LogP contribution in [0, 0.1) is 23.7 Å². The molecule has 1 rings (SSSR count). The van der Waals surface area contributed by atoms with E-state index in [1.807, 2.05) is 0 Å². The summed E-state index contributed by atoms with van der Waals surface area (Å²) in [5.74, 6) is 2.56. The zero-order valence-corrected chi connectivity index (χ0v) is 15.7. The van der Waals surface area contributed by atoms with Gasteiger partial charge in [-0.25, -0.2) is 0 Å². The molecule has 0 aromatic rings. The van der Waals surface area contributed by atoms with E-state index in [0.29, 0.717) is 11.8 Å². The highest BCUT2D eigenvalue weighted by atomic mass is 28.4. The maximum atomic E-state index is 9.79. The zero-order valence-electron chi connectivity index (χ0n) is 14.7. The lowest BCUT2D eigenvalue weighted by Crippen LogP contribution is -2.43. The van der Waals surface area contributed by atoms with Gasteiger partial charge in [-0.1, -0.05) is 34.6 Å². The van der Waals surface area contributed by atoms with Gasteiger partial charge >= 0.3 is 0 Å². The van der Waals surface area contributed by atoms with Crippen molar-refractivity contribution in [3.8, 4) is 0 Å². The SMILES string of the molecule is CC1CC(C)CC(C(CO)CO[Si](C)(C)C(C)(C)C)C1. The molecule has 0 radical (unpaired) electrons. The fourth-order valence-corrected chi connectivity index (χ4v) is 4.33. The smallest absolute Gasteiger partial charge is 0.191 e. The highest BCUT2D eigenvalue weighted by molar-refractivity contribution is 6.74. The van der Waals surface area contributed by atoms with Gasteiger partial charge in [-0.15, -0.1) is 0 Å². The summed E-state index contributed by atoms with van der Waals surface area (Å²) >= 11 is 0. The first-order chi connectivity index (χ1) is 9.06. The molecule has 1 N–H and O–H groups in total. The molecular formula is C17H36O2Si. The summed E-state index contributed by atoms with van der Waals surface area (Å²) in [6, 6.07) is 0. The predicted molar refractivity (Wildman–Crippen MR) is 89.4 cm³/mol. The molecule has 3 heteroatoms. The second-order valence-electron chi connectivity index (χ2n) is 8.69. The van der Waals surface area contributed by atoms with E-state index in [9.17, 15) is 5.11 Å². The molecule has 0 aromatic carbocycles. The highest BCUT2D eigenvalue weighted by Gasteiger charge is 2.38. The molecule has 0 amide bonds. The van der Waals surface area contributed by atoms with Gasteiger partial charge in [0, 0.05) is 19.1 Å². The number of aliphatic hydroxyl groups excluding tert-OH is 1. The molecule has 1 fully saturated rings. The maximum absolute atomic E-state index is 9.79. The number of hydrogen-bond acceptors (Lipinski definition) is 2. The summed E-state index contributed by atoms with van der Waals surface area (Å²) < 4.78 is 6.35. The van der Waals surface area contributed by atoms with Crippen LogP contribution in [0.4, 0.5) is 0 Å². The van der Waals surface area contributed by atoms with E-state index in [-0.39, 0.29) is 11.6 Å². The molecule has 0 heterocycles. The van der Waals surface area contributed by atoms with E-state index in [1.165, 1.54) is 19.3 Å². The van der Waals surface area contributed by atoms with Crippen LogP contribution < -0.4 is 0 Å². The van der Waals surface area contributed by atoms with Crippen LogP contribution in [0.5, 0.6) is 0 Å². The minimum absolute atomic E-state index is 0.250. The molecule has 1 saturated carbocycles. The third kappa shape index (κ3) is 4.85. The number of rotatable bonds is 5. The molecule has 0 aromatic heterocycles. The molecule has 120 valence electrons. The Kier molecular flexibility index (Phi) is 6.30. The van der Waals surface area contributed by atoms with Crippen molar-refractivity contribution in [3.63, 3.8) is 0 Å². The fraction of sp³-hybridized carbons (Fsp3) is 1.00. The summed E-state index contributed by atoms with van der Waals surface area (Å²) in [5, 5.41) is 10.0. The minimum Gasteiger partial charge on any atom is -0.416 e. The molecule has 3 atom stereocenters. The Labute approximate surface area is 127 Å².